The quantitative estimate of drug-likeness (QED) is 0.645. The van der Waals surface area contributed by atoms with Crippen LogP contribution in [-0.2, 0) is 10.2 Å². The minimum Gasteiger partial charge on any atom is -0.481 e. The van der Waals surface area contributed by atoms with Gasteiger partial charge in [0.25, 0.3) is 0 Å². The Balaban J connectivity index is 2.22. The van der Waals surface area contributed by atoms with Crippen LogP contribution in [0, 0.1) is 13.8 Å². The molecule has 5 heteroatoms. The lowest BCUT2D eigenvalue weighted by molar-refractivity contribution is -0.143. The Morgan fingerprint density at radius 2 is 1.65 bits per heavy atom. The number of aliphatic carboxylic acids is 1. The SMILES string of the molecule is Cc1cc2c(C3(C(=O)O)CCCC3)c3oc(C)cc3c(Br)c2o1. The Morgan fingerprint density at radius 3 is 2.26 bits per heavy atom. The molecule has 1 aliphatic rings. The minimum absolute atomic E-state index is 0.637. The van der Waals surface area contributed by atoms with Crippen LogP contribution in [0.5, 0.6) is 0 Å². The molecule has 2 heterocycles. The number of hydrogen-bond donors (Lipinski definition) is 1. The molecule has 1 saturated carbocycles. The first kappa shape index (κ1) is 14.8. The molecule has 0 aliphatic heterocycles. The molecule has 1 aliphatic carbocycles. The average Bonchev–Trinajstić information content (AvgIpc) is 3.18. The average molecular weight is 377 g/mol. The number of hydrogen-bond acceptors (Lipinski definition) is 3. The number of fused-ring (bicyclic) bond motifs is 2. The molecule has 0 amide bonds. The first-order valence-electron chi connectivity index (χ1n) is 7.80. The summed E-state index contributed by atoms with van der Waals surface area (Å²) in [7, 11) is 0. The number of carbonyl (C=O) groups is 1. The van der Waals surface area contributed by atoms with Gasteiger partial charge < -0.3 is 13.9 Å². The zero-order chi connectivity index (χ0) is 16.4. The van der Waals surface area contributed by atoms with Crippen molar-refractivity contribution in [2.45, 2.75) is 44.9 Å². The highest BCUT2D eigenvalue weighted by molar-refractivity contribution is 9.10. The molecule has 0 saturated heterocycles. The van der Waals surface area contributed by atoms with Crippen LogP contribution in [-0.4, -0.2) is 11.1 Å². The molecule has 4 nitrogen and oxygen atoms in total. The molecule has 1 fully saturated rings. The summed E-state index contributed by atoms with van der Waals surface area (Å²) < 4.78 is 12.6. The van der Waals surface area contributed by atoms with E-state index >= 15 is 0 Å². The van der Waals surface area contributed by atoms with Crippen molar-refractivity contribution in [2.75, 3.05) is 0 Å². The molecule has 0 atom stereocenters. The van der Waals surface area contributed by atoms with Gasteiger partial charge in [0.15, 0.2) is 0 Å². The van der Waals surface area contributed by atoms with Crippen molar-refractivity contribution in [3.63, 3.8) is 0 Å². The molecular formula is C18H17BrO4. The molecule has 23 heavy (non-hydrogen) atoms. The molecule has 0 radical (unpaired) electrons. The second kappa shape index (κ2) is 4.87. The fourth-order valence-corrected chi connectivity index (χ4v) is 4.58. The predicted molar refractivity (Wildman–Crippen MR) is 90.9 cm³/mol. The van der Waals surface area contributed by atoms with E-state index < -0.39 is 11.4 Å². The topological polar surface area (TPSA) is 63.6 Å². The van der Waals surface area contributed by atoms with Crippen molar-refractivity contribution in [1.82, 2.24) is 0 Å². The van der Waals surface area contributed by atoms with Gasteiger partial charge in [-0.15, -0.1) is 0 Å². The highest BCUT2D eigenvalue weighted by Crippen LogP contribution is 2.50. The van der Waals surface area contributed by atoms with Gasteiger partial charge in [-0.2, -0.15) is 0 Å². The first-order valence-corrected chi connectivity index (χ1v) is 8.59. The Hall–Kier alpha value is -1.75. The third-order valence-corrected chi connectivity index (χ3v) is 5.78. The predicted octanol–water partition coefficient (Wildman–Crippen LogP) is 5.45. The number of benzene rings is 1. The van der Waals surface area contributed by atoms with E-state index in [0.717, 1.165) is 45.2 Å². The number of aryl methyl sites for hydroxylation is 2. The van der Waals surface area contributed by atoms with Crippen LogP contribution in [0.3, 0.4) is 0 Å². The molecule has 0 spiro atoms. The van der Waals surface area contributed by atoms with E-state index in [1.54, 1.807) is 0 Å². The number of carboxylic acids is 1. The van der Waals surface area contributed by atoms with Gasteiger partial charge in [-0.25, -0.2) is 0 Å². The Labute approximate surface area is 141 Å². The second-order valence-corrected chi connectivity index (χ2v) is 7.28. The van der Waals surface area contributed by atoms with Gasteiger partial charge in [0.1, 0.15) is 22.7 Å². The molecule has 2 aromatic heterocycles. The maximum Gasteiger partial charge on any atom is 0.314 e. The van der Waals surface area contributed by atoms with Crippen molar-refractivity contribution in [1.29, 1.82) is 0 Å². The number of rotatable bonds is 2. The fourth-order valence-electron chi connectivity index (χ4n) is 4.00. The van der Waals surface area contributed by atoms with Gasteiger partial charge in [-0.05, 0) is 54.8 Å². The summed E-state index contributed by atoms with van der Waals surface area (Å²) in [6.45, 7) is 3.76. The van der Waals surface area contributed by atoms with Crippen molar-refractivity contribution in [3.8, 4) is 0 Å². The smallest absolute Gasteiger partial charge is 0.314 e. The molecule has 120 valence electrons. The molecule has 3 aromatic rings. The van der Waals surface area contributed by atoms with Gasteiger partial charge in [0.05, 0.1) is 9.89 Å². The van der Waals surface area contributed by atoms with E-state index in [9.17, 15) is 9.90 Å². The zero-order valence-electron chi connectivity index (χ0n) is 13.0. The number of halogens is 1. The summed E-state index contributed by atoms with van der Waals surface area (Å²) >= 11 is 3.61. The summed E-state index contributed by atoms with van der Waals surface area (Å²) in [5.74, 6) is 0.766. The molecular weight excluding hydrogens is 360 g/mol. The van der Waals surface area contributed by atoms with E-state index in [1.807, 2.05) is 26.0 Å². The lowest BCUT2D eigenvalue weighted by atomic mass is 9.76. The zero-order valence-corrected chi connectivity index (χ0v) is 14.6. The minimum atomic E-state index is -0.891. The third-order valence-electron chi connectivity index (χ3n) is 4.99. The van der Waals surface area contributed by atoms with Crippen molar-refractivity contribution in [3.05, 3.63) is 33.7 Å². The van der Waals surface area contributed by atoms with Crippen molar-refractivity contribution >= 4 is 43.8 Å². The van der Waals surface area contributed by atoms with Gasteiger partial charge in [-0.3, -0.25) is 4.79 Å². The van der Waals surface area contributed by atoms with Crippen LogP contribution in [0.2, 0.25) is 0 Å². The van der Waals surface area contributed by atoms with Crippen LogP contribution >= 0.6 is 15.9 Å². The standard InChI is InChI=1S/C18H17BrO4/c1-9-7-11-13(18(17(20)21)5-3-4-6-18)15-12(8-10(2)22-15)14(19)16(11)23-9/h7-8H,3-6H2,1-2H3,(H,20,21). The fraction of sp³-hybridized carbons (Fsp3) is 0.389. The van der Waals surface area contributed by atoms with Crippen LogP contribution in [0.1, 0.15) is 42.8 Å². The van der Waals surface area contributed by atoms with Gasteiger partial charge >= 0.3 is 5.97 Å². The number of furan rings is 2. The molecule has 0 unspecified atom stereocenters. The van der Waals surface area contributed by atoms with Crippen LogP contribution in [0.25, 0.3) is 21.9 Å². The summed E-state index contributed by atoms with van der Waals surface area (Å²) in [5, 5.41) is 11.8. The van der Waals surface area contributed by atoms with Gasteiger partial charge in [-0.1, -0.05) is 12.8 Å². The highest BCUT2D eigenvalue weighted by Gasteiger charge is 2.46. The molecule has 0 bridgehead atoms. The van der Waals surface area contributed by atoms with Gasteiger partial charge in [0, 0.05) is 16.3 Å². The lowest BCUT2D eigenvalue weighted by Gasteiger charge is -2.25. The van der Waals surface area contributed by atoms with Crippen molar-refractivity contribution in [2.24, 2.45) is 0 Å². The maximum atomic E-state index is 12.2. The summed E-state index contributed by atoms with van der Waals surface area (Å²) in [6, 6.07) is 3.86. The van der Waals surface area contributed by atoms with E-state index in [-0.39, 0.29) is 0 Å². The van der Waals surface area contributed by atoms with Crippen LogP contribution in [0.15, 0.2) is 25.4 Å². The summed E-state index contributed by atoms with van der Waals surface area (Å²) in [6.07, 6.45) is 3.11. The van der Waals surface area contributed by atoms with E-state index in [4.69, 9.17) is 8.83 Å². The normalized spacial score (nSPS) is 17.3. The summed E-state index contributed by atoms with van der Waals surface area (Å²) in [5.41, 5.74) is 1.27. The van der Waals surface area contributed by atoms with Gasteiger partial charge in [0.2, 0.25) is 0 Å². The molecule has 1 N–H and O–H groups in total. The van der Waals surface area contributed by atoms with E-state index in [0.29, 0.717) is 24.0 Å². The largest absolute Gasteiger partial charge is 0.481 e. The Kier molecular flexibility index (Phi) is 3.14. The van der Waals surface area contributed by atoms with E-state index in [1.165, 1.54) is 0 Å². The third kappa shape index (κ3) is 1.92. The first-order chi connectivity index (χ1) is 10.9. The maximum absolute atomic E-state index is 12.2. The second-order valence-electron chi connectivity index (χ2n) is 6.48. The molecule has 4 rings (SSSR count). The Morgan fingerprint density at radius 1 is 1.09 bits per heavy atom. The Bertz CT molecular complexity index is 883. The lowest BCUT2D eigenvalue weighted by Crippen LogP contribution is -2.33. The summed E-state index contributed by atoms with van der Waals surface area (Å²) in [4.78, 5) is 12.2. The van der Waals surface area contributed by atoms with Crippen molar-refractivity contribution < 1.29 is 18.7 Å². The number of carboxylic acid groups (broad SMARTS) is 1. The van der Waals surface area contributed by atoms with Crippen LogP contribution in [0.4, 0.5) is 0 Å². The van der Waals surface area contributed by atoms with E-state index in [2.05, 4.69) is 15.9 Å². The molecule has 1 aromatic carbocycles. The monoisotopic (exact) mass is 376 g/mol. The highest BCUT2D eigenvalue weighted by atomic mass is 79.9. The van der Waals surface area contributed by atoms with Crippen LogP contribution < -0.4 is 0 Å².